The van der Waals surface area contributed by atoms with Gasteiger partial charge in [-0.2, -0.15) is 0 Å². The number of hydrogen-bond donors (Lipinski definition) is 1. The normalized spacial score (nSPS) is 11.4. The fraction of sp³-hybridized carbons (Fsp3) is 0.176. The van der Waals surface area contributed by atoms with Crippen LogP contribution in [-0.2, 0) is 10.0 Å². The number of benzene rings is 2. The molecule has 0 aromatic heterocycles. The van der Waals surface area contributed by atoms with Gasteiger partial charge in [-0.1, -0.05) is 29.8 Å². The van der Waals surface area contributed by atoms with Gasteiger partial charge in [-0.3, -0.25) is 4.72 Å². The molecule has 0 radical (unpaired) electrons. The third kappa shape index (κ3) is 5.03. The molecule has 0 spiro atoms. The second-order valence-corrected chi connectivity index (χ2v) is 6.53. The maximum Gasteiger partial charge on any atom is 0.255 e. The summed E-state index contributed by atoms with van der Waals surface area (Å²) in [6.45, 7) is 1.97. The molecule has 0 saturated heterocycles. The Morgan fingerprint density at radius 3 is 2.04 bits per heavy atom. The molecule has 122 valence electrons. The number of aryl methyl sites for hydroxylation is 1. The van der Waals surface area contributed by atoms with Gasteiger partial charge in [-0.05, 0) is 18.6 Å². The lowest BCUT2D eigenvalue weighted by atomic mass is 10.2. The van der Waals surface area contributed by atoms with E-state index in [2.05, 4.69) is 4.72 Å². The van der Waals surface area contributed by atoms with Crippen molar-refractivity contribution >= 4 is 21.8 Å². The molecule has 0 aliphatic rings. The number of nitrogens with one attached hydrogen (secondary N) is 1. The van der Waals surface area contributed by atoms with Gasteiger partial charge >= 0.3 is 0 Å². The smallest absolute Gasteiger partial charge is 0.255 e. The third-order valence-corrected chi connectivity index (χ3v) is 4.14. The Labute approximate surface area is 136 Å². The van der Waals surface area contributed by atoms with E-state index >= 15 is 0 Å². The van der Waals surface area contributed by atoms with Crippen LogP contribution in [0.2, 0.25) is 0 Å². The topological polar surface area (TPSA) is 64.6 Å². The molecule has 0 atom stereocenters. The van der Waals surface area contributed by atoms with Gasteiger partial charge in [-0.25, -0.2) is 8.42 Å². The summed E-state index contributed by atoms with van der Waals surface area (Å²) in [5.74, 6) is 1.01. The average molecular weight is 333 g/mol. The molecule has 0 saturated carbocycles. The minimum absolute atomic E-state index is 0.370. The zero-order valence-corrected chi connectivity index (χ0v) is 14.1. The predicted molar refractivity (Wildman–Crippen MR) is 92.3 cm³/mol. The number of rotatable bonds is 6. The van der Waals surface area contributed by atoms with E-state index in [-0.39, 0.29) is 0 Å². The number of sulfonamides is 1. The molecule has 5 nitrogen and oxygen atoms in total. The molecule has 0 fully saturated rings. The Hall–Kier alpha value is -2.47. The van der Waals surface area contributed by atoms with E-state index in [9.17, 15) is 8.42 Å². The van der Waals surface area contributed by atoms with Crippen molar-refractivity contribution in [3.05, 3.63) is 59.0 Å². The minimum Gasteiger partial charge on any atom is -0.497 e. The Bertz CT molecular complexity index is 774. The van der Waals surface area contributed by atoms with Crippen molar-refractivity contribution in [3.8, 4) is 11.5 Å². The summed E-state index contributed by atoms with van der Waals surface area (Å²) < 4.78 is 37.0. The van der Waals surface area contributed by atoms with Gasteiger partial charge in [0.05, 0.1) is 25.3 Å². The summed E-state index contributed by atoms with van der Waals surface area (Å²) >= 11 is 0. The van der Waals surface area contributed by atoms with Crippen LogP contribution in [0.4, 0.5) is 5.69 Å². The van der Waals surface area contributed by atoms with Crippen LogP contribution in [-0.4, -0.2) is 22.6 Å². The second-order valence-electron chi connectivity index (χ2n) is 4.96. The largest absolute Gasteiger partial charge is 0.497 e. The number of hydrogen-bond acceptors (Lipinski definition) is 4. The first kappa shape index (κ1) is 16.9. The van der Waals surface area contributed by atoms with Gasteiger partial charge in [0, 0.05) is 18.2 Å². The highest BCUT2D eigenvalue weighted by atomic mass is 32.2. The molecule has 2 aromatic rings. The molecular formula is C17H19NO4S. The molecule has 0 aliphatic carbocycles. The van der Waals surface area contributed by atoms with Crippen LogP contribution in [0.15, 0.2) is 47.9 Å². The Balaban J connectivity index is 2.19. The van der Waals surface area contributed by atoms with E-state index in [0.29, 0.717) is 17.2 Å². The fourth-order valence-corrected chi connectivity index (χ4v) is 2.76. The van der Waals surface area contributed by atoms with Gasteiger partial charge in [0.2, 0.25) is 0 Å². The van der Waals surface area contributed by atoms with Crippen molar-refractivity contribution in [1.82, 2.24) is 0 Å². The highest BCUT2D eigenvalue weighted by molar-refractivity contribution is 7.95. The van der Waals surface area contributed by atoms with Gasteiger partial charge in [0.25, 0.3) is 10.0 Å². The zero-order valence-electron chi connectivity index (χ0n) is 13.2. The van der Waals surface area contributed by atoms with Crippen LogP contribution in [0.5, 0.6) is 11.5 Å². The molecular weight excluding hydrogens is 314 g/mol. The van der Waals surface area contributed by atoms with E-state index in [1.165, 1.54) is 14.2 Å². The maximum absolute atomic E-state index is 12.2. The van der Waals surface area contributed by atoms with Gasteiger partial charge in [0.15, 0.2) is 0 Å². The van der Waals surface area contributed by atoms with Crippen molar-refractivity contribution in [2.75, 3.05) is 18.9 Å². The standard InChI is InChI=1S/C17H19NO4S/c1-13-4-6-14(7-5-13)8-9-23(19,20)18-15-10-16(21-2)12-17(11-15)22-3/h4-12,18H,1-3H3/b9-8+. The van der Waals surface area contributed by atoms with Crippen LogP contribution >= 0.6 is 0 Å². The lowest BCUT2D eigenvalue weighted by molar-refractivity contribution is 0.395. The number of methoxy groups -OCH3 is 2. The van der Waals surface area contributed by atoms with Crippen molar-refractivity contribution in [2.24, 2.45) is 0 Å². The number of ether oxygens (including phenoxy) is 2. The molecule has 0 amide bonds. The van der Waals surface area contributed by atoms with Crippen LogP contribution in [0, 0.1) is 6.92 Å². The first-order valence-corrected chi connectivity index (χ1v) is 8.47. The SMILES string of the molecule is COc1cc(NS(=O)(=O)/C=C/c2ccc(C)cc2)cc(OC)c1. The Morgan fingerprint density at radius 1 is 0.957 bits per heavy atom. The zero-order chi connectivity index (χ0) is 16.9. The van der Waals surface area contributed by atoms with E-state index in [0.717, 1.165) is 16.5 Å². The van der Waals surface area contributed by atoms with Crippen molar-refractivity contribution < 1.29 is 17.9 Å². The molecule has 2 aromatic carbocycles. The average Bonchev–Trinajstić information content (AvgIpc) is 2.53. The lowest BCUT2D eigenvalue weighted by Crippen LogP contribution is -2.09. The fourth-order valence-electron chi connectivity index (χ4n) is 1.91. The molecule has 0 bridgehead atoms. The van der Waals surface area contributed by atoms with Crippen molar-refractivity contribution in [1.29, 1.82) is 0 Å². The molecule has 0 aliphatic heterocycles. The summed E-state index contributed by atoms with van der Waals surface area (Å²) in [5.41, 5.74) is 2.30. The first-order chi connectivity index (χ1) is 10.9. The van der Waals surface area contributed by atoms with Gasteiger partial charge in [-0.15, -0.1) is 0 Å². The molecule has 6 heteroatoms. The third-order valence-electron chi connectivity index (χ3n) is 3.13. The van der Waals surface area contributed by atoms with Gasteiger partial charge < -0.3 is 9.47 Å². The predicted octanol–water partition coefficient (Wildman–Crippen LogP) is 3.42. The summed E-state index contributed by atoms with van der Waals surface area (Å²) in [4.78, 5) is 0. The van der Waals surface area contributed by atoms with Crippen LogP contribution in [0.1, 0.15) is 11.1 Å². The lowest BCUT2D eigenvalue weighted by Gasteiger charge is -2.09. The quantitative estimate of drug-likeness (QED) is 0.880. The summed E-state index contributed by atoms with van der Waals surface area (Å²) in [7, 11) is -0.626. The van der Waals surface area contributed by atoms with Crippen molar-refractivity contribution in [3.63, 3.8) is 0 Å². The van der Waals surface area contributed by atoms with E-state index in [1.807, 2.05) is 31.2 Å². The van der Waals surface area contributed by atoms with E-state index in [4.69, 9.17) is 9.47 Å². The molecule has 0 heterocycles. The highest BCUT2D eigenvalue weighted by Gasteiger charge is 2.08. The maximum atomic E-state index is 12.2. The highest BCUT2D eigenvalue weighted by Crippen LogP contribution is 2.26. The molecule has 0 unspecified atom stereocenters. The molecule has 23 heavy (non-hydrogen) atoms. The summed E-state index contributed by atoms with van der Waals surface area (Å²) in [5, 5.41) is 1.13. The first-order valence-electron chi connectivity index (χ1n) is 6.92. The van der Waals surface area contributed by atoms with Crippen LogP contribution in [0.3, 0.4) is 0 Å². The van der Waals surface area contributed by atoms with Crippen molar-refractivity contribution in [2.45, 2.75) is 6.92 Å². The Kier molecular flexibility index (Phi) is 5.28. The number of anilines is 1. The van der Waals surface area contributed by atoms with E-state index in [1.54, 1.807) is 24.3 Å². The molecule has 1 N–H and O–H groups in total. The Morgan fingerprint density at radius 2 is 1.52 bits per heavy atom. The second kappa shape index (κ2) is 7.19. The summed E-state index contributed by atoms with van der Waals surface area (Å²) in [6.07, 6.45) is 1.54. The van der Waals surface area contributed by atoms with Gasteiger partial charge in [0.1, 0.15) is 11.5 Å². The van der Waals surface area contributed by atoms with E-state index < -0.39 is 10.0 Å². The monoisotopic (exact) mass is 333 g/mol. The summed E-state index contributed by atoms with van der Waals surface area (Å²) in [6, 6.07) is 12.4. The molecule has 2 rings (SSSR count). The van der Waals surface area contributed by atoms with Crippen LogP contribution in [0.25, 0.3) is 6.08 Å². The van der Waals surface area contributed by atoms with Crippen LogP contribution < -0.4 is 14.2 Å². The minimum atomic E-state index is -3.63.